The number of phenolic OH excluding ortho intramolecular Hbond substituents is 1. The van der Waals surface area contributed by atoms with Crippen molar-refractivity contribution in [2.24, 2.45) is 7.05 Å². The van der Waals surface area contributed by atoms with E-state index in [-0.39, 0.29) is 11.2 Å². The highest BCUT2D eigenvalue weighted by atomic mass is 28.3. The minimum atomic E-state index is -1.69. The van der Waals surface area contributed by atoms with Crippen LogP contribution in [0.5, 0.6) is 5.75 Å². The summed E-state index contributed by atoms with van der Waals surface area (Å²) < 4.78 is 1.98. The van der Waals surface area contributed by atoms with Crippen LogP contribution in [0.4, 0.5) is 0 Å². The van der Waals surface area contributed by atoms with Gasteiger partial charge < -0.3 is 9.67 Å². The number of phenols is 1. The monoisotopic (exact) mass is 658 g/mol. The van der Waals surface area contributed by atoms with E-state index in [9.17, 15) is 5.11 Å². The Kier molecular flexibility index (Phi) is 8.08. The molecule has 0 radical (unpaired) electrons. The fraction of sp³-hybridized carbons (Fsp3) is 0.186. The maximum atomic E-state index is 11.0. The van der Waals surface area contributed by atoms with Crippen LogP contribution in [0, 0.1) is 0 Å². The van der Waals surface area contributed by atoms with E-state index in [1.165, 1.54) is 16.3 Å². The molecule has 3 aromatic heterocycles. The van der Waals surface area contributed by atoms with Gasteiger partial charge in [-0.15, -0.1) is 0 Å². The van der Waals surface area contributed by atoms with E-state index in [4.69, 9.17) is 15.0 Å². The molecule has 0 atom stereocenters. The Morgan fingerprint density at radius 1 is 0.633 bits per heavy atom. The number of pyridine rings is 2. The highest BCUT2D eigenvalue weighted by Crippen LogP contribution is 2.39. The van der Waals surface area contributed by atoms with Gasteiger partial charge in [-0.25, -0.2) is 9.97 Å². The molecule has 0 aliphatic carbocycles. The summed E-state index contributed by atoms with van der Waals surface area (Å²) in [7, 11) is 0.274. The topological polar surface area (TPSA) is 63.8 Å². The highest BCUT2D eigenvalue weighted by molar-refractivity contribution is 6.89. The van der Waals surface area contributed by atoms with Gasteiger partial charge in [0.2, 0.25) is 0 Å². The molecule has 244 valence electrons. The molecule has 0 bridgehead atoms. The summed E-state index contributed by atoms with van der Waals surface area (Å²) in [6.45, 7) is 13.6. The van der Waals surface area contributed by atoms with Gasteiger partial charge >= 0.3 is 0 Å². The Labute approximate surface area is 290 Å². The van der Waals surface area contributed by atoms with Crippen molar-refractivity contribution in [3.63, 3.8) is 0 Å². The van der Waals surface area contributed by atoms with Crippen molar-refractivity contribution in [1.29, 1.82) is 0 Å². The molecule has 0 saturated carbocycles. The number of hydrogen-bond donors (Lipinski definition) is 1. The molecular formula is C43H42N4OSi. The second-order valence-electron chi connectivity index (χ2n) is 14.9. The van der Waals surface area contributed by atoms with Gasteiger partial charge in [0.1, 0.15) is 17.1 Å². The van der Waals surface area contributed by atoms with Gasteiger partial charge in [0.25, 0.3) is 0 Å². The molecule has 0 saturated heterocycles. The molecular weight excluding hydrogens is 617 g/mol. The van der Waals surface area contributed by atoms with Crippen LogP contribution < -0.4 is 5.19 Å². The predicted molar refractivity (Wildman–Crippen MR) is 207 cm³/mol. The second kappa shape index (κ2) is 12.3. The van der Waals surface area contributed by atoms with Gasteiger partial charge in [-0.1, -0.05) is 107 Å². The Morgan fingerprint density at radius 2 is 1.29 bits per heavy atom. The molecule has 0 aliphatic rings. The Bertz CT molecular complexity index is 2310. The predicted octanol–water partition coefficient (Wildman–Crippen LogP) is 10.2. The molecule has 7 rings (SSSR count). The number of fused-ring (bicyclic) bond motifs is 1. The average molecular weight is 659 g/mol. The number of rotatable bonds is 6. The number of aromatic nitrogens is 4. The third-order valence-electron chi connectivity index (χ3n) is 9.31. The molecule has 7 aromatic rings. The second-order valence-corrected chi connectivity index (χ2v) is 19.9. The first-order valence-corrected chi connectivity index (χ1v) is 20.3. The van der Waals surface area contributed by atoms with Gasteiger partial charge in [0.15, 0.2) is 5.65 Å². The number of imidazole rings is 1. The molecule has 0 fully saturated rings. The summed E-state index contributed by atoms with van der Waals surface area (Å²) in [6.07, 6.45) is 3.95. The van der Waals surface area contributed by atoms with Crippen molar-refractivity contribution < 1.29 is 5.11 Å². The lowest BCUT2D eigenvalue weighted by molar-refractivity contribution is 0.475. The SMILES string of the molecule is Cn1c(-c2cc(C(C)(C)C)ccc2O)nc2c(-c3cc(-c4ccccc4)cc(-c4cc(-c5ccccc5)c([Si](C)(C)C)cn4)c3)ccnc21. The van der Waals surface area contributed by atoms with Crippen LogP contribution >= 0.6 is 0 Å². The zero-order chi connectivity index (χ0) is 34.5. The van der Waals surface area contributed by atoms with Crippen LogP contribution in [0.25, 0.3) is 67.2 Å². The summed E-state index contributed by atoms with van der Waals surface area (Å²) in [5, 5.41) is 12.4. The van der Waals surface area contributed by atoms with E-state index in [0.717, 1.165) is 50.2 Å². The number of hydrogen-bond acceptors (Lipinski definition) is 4. The van der Waals surface area contributed by atoms with Crippen molar-refractivity contribution in [1.82, 2.24) is 19.5 Å². The summed E-state index contributed by atoms with van der Waals surface area (Å²) in [6, 6.07) is 37.9. The quantitative estimate of drug-likeness (QED) is 0.181. The standard InChI is InChI=1S/C43H42N4OSi/c1-43(2,3)33-18-19-38(48)36(25-33)41-46-40-34(20-21-44-42(40)47(41)4)31-22-30(28-14-10-8-11-15-28)23-32(24-31)37-26-35(29-16-12-9-13-17-29)39(27-45-37)49(5,6)7/h8-27,48H,1-7H3. The Hall–Kier alpha value is -5.33. The fourth-order valence-electron chi connectivity index (χ4n) is 6.53. The molecule has 0 spiro atoms. The number of aromatic hydroxyl groups is 1. The minimum Gasteiger partial charge on any atom is -0.507 e. The van der Waals surface area contributed by atoms with E-state index in [1.54, 1.807) is 6.07 Å². The van der Waals surface area contributed by atoms with Gasteiger partial charge in [0, 0.05) is 30.6 Å². The molecule has 0 amide bonds. The highest BCUT2D eigenvalue weighted by Gasteiger charge is 2.24. The lowest BCUT2D eigenvalue weighted by Crippen LogP contribution is -2.39. The molecule has 6 heteroatoms. The zero-order valence-electron chi connectivity index (χ0n) is 29.3. The van der Waals surface area contributed by atoms with Gasteiger partial charge in [0.05, 0.1) is 19.3 Å². The molecule has 49 heavy (non-hydrogen) atoms. The van der Waals surface area contributed by atoms with E-state index < -0.39 is 8.07 Å². The van der Waals surface area contributed by atoms with Gasteiger partial charge in [-0.05, 0) is 86.4 Å². The number of nitrogens with zero attached hydrogens (tertiary/aromatic N) is 4. The fourth-order valence-corrected chi connectivity index (χ4v) is 8.01. The molecule has 4 aromatic carbocycles. The molecule has 3 heterocycles. The van der Waals surface area contributed by atoms with Crippen LogP contribution in [0.1, 0.15) is 26.3 Å². The summed E-state index contributed by atoms with van der Waals surface area (Å²) in [5.41, 5.74) is 11.9. The smallest absolute Gasteiger partial charge is 0.160 e. The maximum Gasteiger partial charge on any atom is 0.160 e. The van der Waals surface area contributed by atoms with Crippen LogP contribution in [0.2, 0.25) is 19.6 Å². The van der Waals surface area contributed by atoms with Crippen LogP contribution in [-0.4, -0.2) is 32.7 Å². The average Bonchev–Trinajstić information content (AvgIpc) is 3.43. The van der Waals surface area contributed by atoms with Crippen molar-refractivity contribution in [3.05, 3.63) is 127 Å². The first-order valence-electron chi connectivity index (χ1n) is 16.8. The molecule has 0 unspecified atom stereocenters. The first-order chi connectivity index (χ1) is 23.4. The van der Waals surface area contributed by atoms with Crippen molar-refractivity contribution in [2.75, 3.05) is 0 Å². The van der Waals surface area contributed by atoms with Crippen LogP contribution in [-0.2, 0) is 12.5 Å². The normalized spacial score (nSPS) is 12.1. The Balaban J connectivity index is 1.44. The number of aryl methyl sites for hydroxylation is 1. The third-order valence-corrected chi connectivity index (χ3v) is 11.3. The summed E-state index contributed by atoms with van der Waals surface area (Å²) in [4.78, 5) is 15.0. The van der Waals surface area contributed by atoms with Crippen LogP contribution in [0.15, 0.2) is 122 Å². The summed E-state index contributed by atoms with van der Waals surface area (Å²) in [5.74, 6) is 0.873. The van der Waals surface area contributed by atoms with E-state index in [0.29, 0.717) is 11.4 Å². The first kappa shape index (κ1) is 32.2. The lowest BCUT2D eigenvalue weighted by Gasteiger charge is -2.22. The number of benzene rings is 4. The van der Waals surface area contributed by atoms with E-state index in [1.807, 2.05) is 42.1 Å². The lowest BCUT2D eigenvalue weighted by atomic mass is 9.86. The zero-order valence-corrected chi connectivity index (χ0v) is 30.3. The molecule has 1 N–H and O–H groups in total. The maximum absolute atomic E-state index is 11.0. The molecule has 0 aliphatic heterocycles. The van der Waals surface area contributed by atoms with Gasteiger partial charge in [-0.2, -0.15) is 0 Å². The molecule has 5 nitrogen and oxygen atoms in total. The third kappa shape index (κ3) is 6.20. The van der Waals surface area contributed by atoms with Crippen molar-refractivity contribution in [3.8, 4) is 61.8 Å². The summed E-state index contributed by atoms with van der Waals surface area (Å²) >= 11 is 0. The minimum absolute atomic E-state index is 0.0770. The van der Waals surface area contributed by atoms with E-state index in [2.05, 4.69) is 125 Å². The van der Waals surface area contributed by atoms with Crippen LogP contribution in [0.3, 0.4) is 0 Å². The van der Waals surface area contributed by atoms with Gasteiger partial charge in [-0.3, -0.25) is 4.98 Å². The Morgan fingerprint density at radius 3 is 1.96 bits per heavy atom. The van der Waals surface area contributed by atoms with Crippen molar-refractivity contribution in [2.45, 2.75) is 45.8 Å². The van der Waals surface area contributed by atoms with Crippen molar-refractivity contribution >= 4 is 24.4 Å². The van der Waals surface area contributed by atoms with E-state index >= 15 is 0 Å². The largest absolute Gasteiger partial charge is 0.507 e.